The van der Waals surface area contributed by atoms with Gasteiger partial charge >= 0.3 is 0 Å². The summed E-state index contributed by atoms with van der Waals surface area (Å²) in [6, 6.07) is 9.35. The van der Waals surface area contributed by atoms with Gasteiger partial charge in [0.25, 0.3) is 0 Å². The molecule has 2 nitrogen and oxygen atoms in total. The number of rotatable bonds is 7. The van der Waals surface area contributed by atoms with Crippen LogP contribution in [0.1, 0.15) is 50.7 Å². The summed E-state index contributed by atoms with van der Waals surface area (Å²) < 4.78 is 0. The highest BCUT2D eigenvalue weighted by atomic mass is 15.1. The van der Waals surface area contributed by atoms with Gasteiger partial charge in [-0.3, -0.25) is 0 Å². The van der Waals surface area contributed by atoms with E-state index >= 15 is 0 Å². The molecule has 0 atom stereocenters. The van der Waals surface area contributed by atoms with Crippen molar-refractivity contribution in [3.8, 4) is 0 Å². The summed E-state index contributed by atoms with van der Waals surface area (Å²) in [7, 11) is 2.28. The molecule has 0 heterocycles. The first kappa shape index (κ1) is 16.5. The summed E-state index contributed by atoms with van der Waals surface area (Å²) in [5, 5.41) is 3.68. The Labute approximate surface area is 130 Å². The highest BCUT2D eigenvalue weighted by Crippen LogP contribution is 2.38. The van der Waals surface area contributed by atoms with Crippen molar-refractivity contribution in [3.63, 3.8) is 0 Å². The van der Waals surface area contributed by atoms with Gasteiger partial charge in [-0.05, 0) is 43.4 Å². The fourth-order valence-electron chi connectivity index (χ4n) is 3.64. The minimum atomic E-state index is 0.488. The largest absolute Gasteiger partial charge is 0.314 e. The van der Waals surface area contributed by atoms with Gasteiger partial charge in [0.05, 0.1) is 0 Å². The van der Waals surface area contributed by atoms with Crippen LogP contribution in [0.25, 0.3) is 0 Å². The third kappa shape index (κ3) is 4.82. The Morgan fingerprint density at radius 2 is 1.86 bits per heavy atom. The van der Waals surface area contributed by atoms with Gasteiger partial charge in [0, 0.05) is 25.7 Å². The molecule has 21 heavy (non-hydrogen) atoms. The maximum Gasteiger partial charge on any atom is 0.0233 e. The van der Waals surface area contributed by atoms with Crippen LogP contribution in [-0.2, 0) is 6.54 Å². The fourth-order valence-corrected chi connectivity index (χ4v) is 3.64. The second-order valence-electron chi connectivity index (χ2n) is 7.34. The standard InChI is InChI=1S/C19H32N2/c1-16(2)20-14-19(11-7-8-12-19)15-21(4)13-18-10-6-5-9-17(18)3/h5-6,9-10,16,20H,7-8,11-15H2,1-4H3. The minimum Gasteiger partial charge on any atom is -0.314 e. The third-order valence-electron chi connectivity index (χ3n) is 4.86. The molecular weight excluding hydrogens is 256 g/mol. The van der Waals surface area contributed by atoms with Crippen molar-refractivity contribution in [1.29, 1.82) is 0 Å². The molecule has 2 heteroatoms. The van der Waals surface area contributed by atoms with Crippen molar-refractivity contribution in [3.05, 3.63) is 35.4 Å². The Hall–Kier alpha value is -0.860. The molecular formula is C19H32N2. The maximum absolute atomic E-state index is 3.68. The molecule has 0 radical (unpaired) electrons. The Balaban J connectivity index is 1.95. The molecule has 1 aromatic carbocycles. The maximum atomic E-state index is 3.68. The van der Waals surface area contributed by atoms with Crippen LogP contribution in [0.2, 0.25) is 0 Å². The number of nitrogens with zero attached hydrogens (tertiary/aromatic N) is 1. The van der Waals surface area contributed by atoms with E-state index in [1.807, 2.05) is 0 Å². The predicted molar refractivity (Wildman–Crippen MR) is 91.6 cm³/mol. The Morgan fingerprint density at radius 3 is 2.48 bits per heavy atom. The molecule has 2 rings (SSSR count). The summed E-state index contributed by atoms with van der Waals surface area (Å²) in [5.74, 6) is 0. The lowest BCUT2D eigenvalue weighted by atomic mass is 9.85. The van der Waals surface area contributed by atoms with E-state index in [1.54, 1.807) is 0 Å². The minimum absolute atomic E-state index is 0.488. The first-order valence-electron chi connectivity index (χ1n) is 8.47. The highest BCUT2D eigenvalue weighted by Gasteiger charge is 2.34. The average Bonchev–Trinajstić information content (AvgIpc) is 2.88. The molecule has 1 aliphatic carbocycles. The first-order valence-corrected chi connectivity index (χ1v) is 8.47. The molecule has 1 aliphatic rings. The lowest BCUT2D eigenvalue weighted by molar-refractivity contribution is 0.164. The van der Waals surface area contributed by atoms with E-state index in [4.69, 9.17) is 0 Å². The summed E-state index contributed by atoms with van der Waals surface area (Å²) in [6.07, 6.45) is 5.56. The van der Waals surface area contributed by atoms with Crippen LogP contribution in [0.15, 0.2) is 24.3 Å². The van der Waals surface area contributed by atoms with Crippen molar-refractivity contribution in [2.24, 2.45) is 5.41 Å². The molecule has 1 fully saturated rings. The average molecular weight is 288 g/mol. The lowest BCUT2D eigenvalue weighted by Gasteiger charge is -2.35. The van der Waals surface area contributed by atoms with Crippen LogP contribution in [0, 0.1) is 12.3 Å². The van der Waals surface area contributed by atoms with Crippen LogP contribution >= 0.6 is 0 Å². The Kier molecular flexibility index (Phi) is 5.83. The van der Waals surface area contributed by atoms with Crippen LogP contribution in [0.4, 0.5) is 0 Å². The van der Waals surface area contributed by atoms with Gasteiger partial charge in [-0.2, -0.15) is 0 Å². The van der Waals surface area contributed by atoms with Gasteiger partial charge in [0.1, 0.15) is 0 Å². The predicted octanol–water partition coefficient (Wildman–Crippen LogP) is 3.99. The summed E-state index contributed by atoms with van der Waals surface area (Å²) in [6.45, 7) is 10.2. The lowest BCUT2D eigenvalue weighted by Crippen LogP contribution is -2.43. The SMILES string of the molecule is Cc1ccccc1CN(C)CC1(CNC(C)C)CCCC1. The molecule has 0 unspecified atom stereocenters. The van der Waals surface area contributed by atoms with E-state index in [9.17, 15) is 0 Å². The number of hydrogen-bond acceptors (Lipinski definition) is 2. The van der Waals surface area contributed by atoms with E-state index < -0.39 is 0 Å². The second kappa shape index (κ2) is 7.42. The van der Waals surface area contributed by atoms with Crippen LogP contribution in [0.3, 0.4) is 0 Å². The van der Waals surface area contributed by atoms with Gasteiger partial charge in [-0.25, -0.2) is 0 Å². The molecule has 0 spiro atoms. The van der Waals surface area contributed by atoms with Crippen molar-refractivity contribution >= 4 is 0 Å². The second-order valence-corrected chi connectivity index (χ2v) is 7.34. The molecule has 0 saturated heterocycles. The summed E-state index contributed by atoms with van der Waals surface area (Å²) in [4.78, 5) is 2.52. The van der Waals surface area contributed by atoms with E-state index in [-0.39, 0.29) is 0 Å². The van der Waals surface area contributed by atoms with Gasteiger partial charge < -0.3 is 10.2 Å². The van der Waals surface area contributed by atoms with Crippen molar-refractivity contribution < 1.29 is 0 Å². The van der Waals surface area contributed by atoms with Gasteiger partial charge in [0.15, 0.2) is 0 Å². The quantitative estimate of drug-likeness (QED) is 0.816. The molecule has 0 amide bonds. The molecule has 1 saturated carbocycles. The highest BCUT2D eigenvalue weighted by molar-refractivity contribution is 5.25. The van der Waals surface area contributed by atoms with Gasteiger partial charge in [-0.1, -0.05) is 51.0 Å². The van der Waals surface area contributed by atoms with E-state index in [0.29, 0.717) is 11.5 Å². The van der Waals surface area contributed by atoms with Crippen molar-refractivity contribution in [2.75, 3.05) is 20.1 Å². The molecule has 0 bridgehead atoms. The zero-order valence-corrected chi connectivity index (χ0v) is 14.3. The smallest absolute Gasteiger partial charge is 0.0233 e. The zero-order valence-electron chi connectivity index (χ0n) is 14.3. The number of hydrogen-bond donors (Lipinski definition) is 1. The Morgan fingerprint density at radius 1 is 1.19 bits per heavy atom. The van der Waals surface area contributed by atoms with Crippen LogP contribution in [-0.4, -0.2) is 31.1 Å². The van der Waals surface area contributed by atoms with Crippen molar-refractivity contribution in [1.82, 2.24) is 10.2 Å². The summed E-state index contributed by atoms with van der Waals surface area (Å²) in [5.41, 5.74) is 3.36. The topological polar surface area (TPSA) is 15.3 Å². The van der Waals surface area contributed by atoms with Gasteiger partial charge in [-0.15, -0.1) is 0 Å². The fraction of sp³-hybridized carbons (Fsp3) is 0.684. The number of nitrogens with one attached hydrogen (secondary N) is 1. The van der Waals surface area contributed by atoms with Crippen LogP contribution < -0.4 is 5.32 Å². The molecule has 1 aromatic rings. The normalized spacial score (nSPS) is 17.8. The molecule has 0 aliphatic heterocycles. The van der Waals surface area contributed by atoms with E-state index in [0.717, 1.165) is 6.54 Å². The number of benzene rings is 1. The zero-order chi connectivity index (χ0) is 15.3. The molecule has 0 aromatic heterocycles. The first-order chi connectivity index (χ1) is 10.0. The van der Waals surface area contributed by atoms with E-state index in [2.05, 4.69) is 62.3 Å². The molecule has 1 N–H and O–H groups in total. The van der Waals surface area contributed by atoms with Crippen molar-refractivity contribution in [2.45, 2.75) is 59.0 Å². The Bertz CT molecular complexity index is 433. The van der Waals surface area contributed by atoms with Gasteiger partial charge in [0.2, 0.25) is 0 Å². The number of aryl methyl sites for hydroxylation is 1. The van der Waals surface area contributed by atoms with E-state index in [1.165, 1.54) is 49.9 Å². The third-order valence-corrected chi connectivity index (χ3v) is 4.86. The molecule has 118 valence electrons. The summed E-state index contributed by atoms with van der Waals surface area (Å²) >= 11 is 0. The monoisotopic (exact) mass is 288 g/mol. The van der Waals surface area contributed by atoms with Crippen LogP contribution in [0.5, 0.6) is 0 Å².